The molecule has 24 heteroatoms. The average molecular weight is 916 g/mol. The summed E-state index contributed by atoms with van der Waals surface area (Å²) in [4.78, 5) is 127. The molecule has 1 aromatic carbocycles. The Morgan fingerprint density at radius 1 is 0.812 bits per heavy atom. The van der Waals surface area contributed by atoms with Crippen LogP contribution in [0.25, 0.3) is 10.9 Å². The predicted octanol–water partition coefficient (Wildman–Crippen LogP) is -2.10. The third-order valence-electron chi connectivity index (χ3n) is 10.7. The second kappa shape index (κ2) is 25.0. The largest absolute Gasteiger partial charge is 0.481 e. The first kappa shape index (κ1) is 50.2. The zero-order valence-electron chi connectivity index (χ0n) is 35.3. The molecule has 14 N–H and O–H groups in total. The Bertz CT molecular complexity index is 2030. The molecule has 350 valence electrons. The van der Waals surface area contributed by atoms with E-state index in [1.807, 2.05) is 11.8 Å². The van der Waals surface area contributed by atoms with Crippen LogP contribution < -0.4 is 53.7 Å². The van der Waals surface area contributed by atoms with E-state index < -0.39 is 97.3 Å². The van der Waals surface area contributed by atoms with Gasteiger partial charge in [-0.15, -0.1) is 0 Å². The fourth-order valence-corrected chi connectivity index (χ4v) is 8.84. The summed E-state index contributed by atoms with van der Waals surface area (Å²) in [5.74, 6) is -8.02. The molecule has 2 saturated heterocycles. The van der Waals surface area contributed by atoms with Gasteiger partial charge in [0, 0.05) is 53.9 Å². The number of benzene rings is 1. The van der Waals surface area contributed by atoms with E-state index in [4.69, 9.17) is 10.9 Å². The van der Waals surface area contributed by atoms with Gasteiger partial charge in [0.2, 0.25) is 47.3 Å². The number of carbonyl (C=O) groups excluding carboxylic acids is 9. The molecule has 0 bridgehead atoms. The number of carboxylic acid groups (broad SMARTS) is 1. The van der Waals surface area contributed by atoms with Gasteiger partial charge in [0.1, 0.15) is 18.1 Å². The second-order valence-corrected chi connectivity index (χ2v) is 16.9. The highest BCUT2D eigenvalue weighted by molar-refractivity contribution is 8.00. The third-order valence-corrected chi connectivity index (χ3v) is 12.2. The summed E-state index contributed by atoms with van der Waals surface area (Å²) in [6, 6.07) is 3.60. The number of urea groups is 1. The number of rotatable bonds is 27. The molecular weight excluding hydrogens is 859 g/mol. The molecule has 23 nitrogen and oxygen atoms in total. The zero-order valence-corrected chi connectivity index (χ0v) is 36.1. The van der Waals surface area contributed by atoms with Gasteiger partial charge in [0.25, 0.3) is 0 Å². The Kier molecular flexibility index (Phi) is 19.6. The van der Waals surface area contributed by atoms with Crippen molar-refractivity contribution in [3.8, 4) is 0 Å². The summed E-state index contributed by atoms with van der Waals surface area (Å²) in [7, 11) is 0. The number of hydroxylamine groups is 1. The van der Waals surface area contributed by atoms with Gasteiger partial charge >= 0.3 is 12.0 Å². The molecule has 0 aliphatic carbocycles. The van der Waals surface area contributed by atoms with Crippen LogP contribution in [-0.2, 0) is 49.6 Å². The number of unbranched alkanes of at least 4 members (excludes halogenated alkanes) is 2. The molecule has 3 heterocycles. The minimum atomic E-state index is -1.46. The molecule has 0 saturated carbocycles. The highest BCUT2D eigenvalue weighted by Gasteiger charge is 2.42. The standard InChI is InChI=1S/C40H57N11O12S/c1-21(46-39(61)27(14-23-17-43-25-9-3-2-8-24(23)25)48-38(60)22(16-34(56)57)15-31(53)51-63)37(59)45-18-32(54)44-19-33(55)47-26(36(41)58)10-6-7-13-42-30(52)12-5-4-11-29-35-28(20-64-29)49-40(62)50-35/h2-3,8-9,17,21-22,26-29,35,43,63H,4-7,10-16,18-20H2,1H3,(H2,41,58)(H,42,52)(H,44,54)(H,45,59)(H,46,61)(H,47,55)(H,48,60)(H,51,53)(H,56,57)(H2,49,50,62)/t21-,22?,26-,27-,28-,29-,35-/m0/s1. The van der Waals surface area contributed by atoms with E-state index >= 15 is 0 Å². The zero-order chi connectivity index (χ0) is 46.8. The van der Waals surface area contributed by atoms with Crippen molar-refractivity contribution in [2.24, 2.45) is 11.7 Å². The Hall–Kier alpha value is -6.43. The van der Waals surface area contributed by atoms with Crippen LogP contribution in [0.1, 0.15) is 70.3 Å². The molecule has 7 atom stereocenters. The first-order chi connectivity index (χ1) is 30.5. The first-order valence-electron chi connectivity index (χ1n) is 20.9. The summed E-state index contributed by atoms with van der Waals surface area (Å²) in [5, 5.41) is 40.0. The quantitative estimate of drug-likeness (QED) is 0.0198. The molecule has 4 rings (SSSR count). The van der Waals surface area contributed by atoms with E-state index in [0.29, 0.717) is 43.0 Å². The van der Waals surface area contributed by atoms with Crippen LogP contribution in [0.5, 0.6) is 0 Å². The average Bonchev–Trinajstić information content (AvgIpc) is 3.96. The second-order valence-electron chi connectivity index (χ2n) is 15.6. The summed E-state index contributed by atoms with van der Waals surface area (Å²) >= 11 is 1.83. The van der Waals surface area contributed by atoms with Gasteiger partial charge in [-0.3, -0.25) is 48.4 Å². The summed E-state index contributed by atoms with van der Waals surface area (Å²) in [5.41, 5.74) is 8.13. The van der Waals surface area contributed by atoms with E-state index in [0.717, 1.165) is 29.5 Å². The Balaban J connectivity index is 1.15. The van der Waals surface area contributed by atoms with Gasteiger partial charge in [-0.05, 0) is 50.7 Å². The van der Waals surface area contributed by atoms with Crippen molar-refractivity contribution < 1.29 is 58.3 Å². The maximum atomic E-state index is 13.5. The maximum Gasteiger partial charge on any atom is 0.315 e. The van der Waals surface area contributed by atoms with Crippen molar-refractivity contribution in [2.75, 3.05) is 25.4 Å². The molecule has 2 aromatic rings. The number of carbonyl (C=O) groups is 10. The van der Waals surface area contributed by atoms with Crippen LogP contribution in [0.15, 0.2) is 30.5 Å². The van der Waals surface area contributed by atoms with Crippen LogP contribution in [0.3, 0.4) is 0 Å². The lowest BCUT2D eigenvalue weighted by molar-refractivity contribution is -0.143. The van der Waals surface area contributed by atoms with Crippen LogP contribution in [0.2, 0.25) is 0 Å². The van der Waals surface area contributed by atoms with Gasteiger partial charge < -0.3 is 58.4 Å². The molecule has 0 spiro atoms. The molecule has 2 aliphatic rings. The summed E-state index contributed by atoms with van der Waals surface area (Å²) in [6.45, 7) is 0.524. The van der Waals surface area contributed by atoms with Crippen LogP contribution in [-0.4, -0.2) is 135 Å². The van der Waals surface area contributed by atoms with Crippen molar-refractivity contribution in [1.29, 1.82) is 0 Å². The number of H-pyrrole nitrogens is 1. The number of hydrogen-bond donors (Lipinski definition) is 13. The SMILES string of the molecule is C[C@H](NC(=O)[C@H](Cc1c[nH]c2ccccc12)NC(=O)C(CC(=O)O)CC(=O)NO)C(=O)NCC(=O)NCC(=O)N[C@@H](CCCCNC(=O)CCCC[C@@H]1SC[C@@H]2NC(=O)N[C@@H]21)C(N)=O. The van der Waals surface area contributed by atoms with Crippen LogP contribution in [0.4, 0.5) is 4.79 Å². The number of aromatic amines is 1. The molecule has 1 aromatic heterocycles. The minimum Gasteiger partial charge on any atom is -0.481 e. The van der Waals surface area contributed by atoms with E-state index in [9.17, 15) is 53.1 Å². The number of hydrogen-bond acceptors (Lipinski definition) is 12. The topological polar surface area (TPSA) is 361 Å². The smallest absolute Gasteiger partial charge is 0.315 e. The minimum absolute atomic E-state index is 0.0930. The Labute approximate surface area is 372 Å². The normalized spacial score (nSPS) is 18.2. The fourth-order valence-electron chi connectivity index (χ4n) is 7.29. The number of thioether (sulfide) groups is 1. The predicted molar refractivity (Wildman–Crippen MR) is 230 cm³/mol. The molecule has 2 aliphatic heterocycles. The van der Waals surface area contributed by atoms with Gasteiger partial charge in [0.15, 0.2) is 0 Å². The number of nitrogens with one attached hydrogen (secondary N) is 10. The maximum absolute atomic E-state index is 13.5. The molecule has 1 unspecified atom stereocenters. The van der Waals surface area contributed by atoms with Crippen LogP contribution >= 0.6 is 11.8 Å². The third kappa shape index (κ3) is 16.0. The number of aliphatic carboxylic acids is 1. The lowest BCUT2D eigenvalue weighted by Crippen LogP contribution is -2.55. The molecule has 10 amide bonds. The lowest BCUT2D eigenvalue weighted by Gasteiger charge is -2.23. The highest BCUT2D eigenvalue weighted by atomic mass is 32.2. The Morgan fingerprint density at radius 2 is 1.56 bits per heavy atom. The van der Waals surface area contributed by atoms with Gasteiger partial charge in [-0.25, -0.2) is 10.3 Å². The van der Waals surface area contributed by atoms with Crippen molar-refractivity contribution in [2.45, 2.75) is 107 Å². The number of aromatic nitrogens is 1. The van der Waals surface area contributed by atoms with Crippen LogP contribution in [0, 0.1) is 5.92 Å². The van der Waals surface area contributed by atoms with E-state index in [1.54, 1.807) is 30.5 Å². The lowest BCUT2D eigenvalue weighted by atomic mass is 9.98. The molecule has 64 heavy (non-hydrogen) atoms. The highest BCUT2D eigenvalue weighted by Crippen LogP contribution is 2.33. The first-order valence-corrected chi connectivity index (χ1v) is 22.0. The summed E-state index contributed by atoms with van der Waals surface area (Å²) in [6.07, 6.45) is 4.02. The number of fused-ring (bicyclic) bond motifs is 2. The monoisotopic (exact) mass is 915 g/mol. The van der Waals surface area contributed by atoms with Crippen molar-refractivity contribution in [3.63, 3.8) is 0 Å². The van der Waals surface area contributed by atoms with Gasteiger partial charge in [0.05, 0.1) is 37.5 Å². The number of nitrogens with two attached hydrogens (primary N) is 1. The van der Waals surface area contributed by atoms with Crippen molar-refractivity contribution >= 4 is 81.9 Å². The Morgan fingerprint density at radius 3 is 2.30 bits per heavy atom. The summed E-state index contributed by atoms with van der Waals surface area (Å²) < 4.78 is 0. The molecule has 2 fully saturated rings. The van der Waals surface area contributed by atoms with Crippen molar-refractivity contribution in [3.05, 3.63) is 36.0 Å². The number of carboxylic acids is 1. The molecule has 0 radical (unpaired) electrons. The molecular formula is C40H57N11O12S. The number of amides is 10. The van der Waals surface area contributed by atoms with Gasteiger partial charge in [-0.2, -0.15) is 11.8 Å². The van der Waals surface area contributed by atoms with E-state index in [2.05, 4.69) is 47.5 Å². The van der Waals surface area contributed by atoms with Crippen molar-refractivity contribution in [1.82, 2.24) is 53.0 Å². The van der Waals surface area contributed by atoms with Gasteiger partial charge in [-0.1, -0.05) is 24.6 Å². The number of primary amides is 1. The van der Waals surface area contributed by atoms with E-state index in [-0.39, 0.29) is 36.9 Å². The fraction of sp³-hybridized carbons (Fsp3) is 0.550. The van der Waals surface area contributed by atoms with E-state index in [1.165, 1.54) is 12.4 Å². The number of para-hydroxylation sites is 1.